The molecule has 0 atom stereocenters. The molecule has 0 bridgehead atoms. The van der Waals surface area contributed by atoms with Crippen LogP contribution < -0.4 is 0 Å². The molecule has 2 aromatic rings. The SMILES string of the molecule is Cc1c(C)c(C)[c-](CCN(C)C)c1C.[V].c1cc[cH-]c1. The Morgan fingerprint density at radius 1 is 0.950 bits per heavy atom. The van der Waals surface area contributed by atoms with E-state index in [1.165, 1.54) is 28.7 Å². The minimum Gasteiger partial charge on any atom is -0.310 e. The van der Waals surface area contributed by atoms with Crippen LogP contribution in [0.4, 0.5) is 0 Å². The van der Waals surface area contributed by atoms with Crippen LogP contribution in [0, 0.1) is 27.7 Å². The van der Waals surface area contributed by atoms with Gasteiger partial charge < -0.3 is 4.90 Å². The summed E-state index contributed by atoms with van der Waals surface area (Å²) in [5.74, 6) is 0. The van der Waals surface area contributed by atoms with Crippen molar-refractivity contribution in [3.05, 3.63) is 58.1 Å². The van der Waals surface area contributed by atoms with Gasteiger partial charge in [0.05, 0.1) is 0 Å². The Hall–Kier alpha value is -0.756. The minimum atomic E-state index is 0. The van der Waals surface area contributed by atoms with Gasteiger partial charge in [0.1, 0.15) is 0 Å². The van der Waals surface area contributed by atoms with Crippen LogP contribution >= 0.6 is 0 Å². The summed E-state index contributed by atoms with van der Waals surface area (Å²) in [5, 5.41) is 0. The van der Waals surface area contributed by atoms with Crippen LogP contribution in [0.5, 0.6) is 0 Å². The fourth-order valence-corrected chi connectivity index (χ4v) is 2.33. The molecule has 2 aromatic carbocycles. The summed E-state index contributed by atoms with van der Waals surface area (Å²) in [6.07, 6.45) is 1.18. The number of nitrogens with zero attached hydrogens (tertiary/aromatic N) is 1. The Labute approximate surface area is 136 Å². The van der Waals surface area contributed by atoms with Crippen LogP contribution in [0.15, 0.2) is 30.3 Å². The Balaban J connectivity index is 0.000000507. The van der Waals surface area contributed by atoms with Crippen LogP contribution in [0.1, 0.15) is 27.8 Å². The largest absolute Gasteiger partial charge is 0.310 e. The van der Waals surface area contributed by atoms with E-state index in [9.17, 15) is 0 Å². The molecule has 0 fully saturated rings. The van der Waals surface area contributed by atoms with Gasteiger partial charge in [0.2, 0.25) is 0 Å². The number of rotatable bonds is 3. The second-order valence-corrected chi connectivity index (χ2v) is 5.49. The van der Waals surface area contributed by atoms with Gasteiger partial charge in [-0.05, 0) is 20.6 Å². The number of likely N-dealkylation sites (N-methyl/N-ethyl adjacent to an activating group) is 1. The Kier molecular flexibility index (Phi) is 8.88. The first-order chi connectivity index (χ1) is 8.95. The fraction of sp³-hybridized carbons (Fsp3) is 0.444. The first kappa shape index (κ1) is 19.2. The summed E-state index contributed by atoms with van der Waals surface area (Å²) in [7, 11) is 4.26. The average molecular weight is 308 g/mol. The van der Waals surface area contributed by atoms with Gasteiger partial charge in [-0.25, -0.2) is 12.1 Å². The van der Waals surface area contributed by atoms with Crippen LogP contribution in [0.2, 0.25) is 0 Å². The van der Waals surface area contributed by atoms with Crippen molar-refractivity contribution in [2.75, 3.05) is 20.6 Å². The molecule has 0 aliphatic carbocycles. The smallest absolute Gasteiger partial charge is 0 e. The monoisotopic (exact) mass is 308 g/mol. The maximum Gasteiger partial charge on any atom is 0 e. The zero-order chi connectivity index (χ0) is 14.4. The molecule has 2 rings (SSSR count). The third-order valence-electron chi connectivity index (χ3n) is 3.96. The molecule has 0 saturated heterocycles. The van der Waals surface area contributed by atoms with Crippen molar-refractivity contribution in [2.45, 2.75) is 34.1 Å². The molecule has 0 spiro atoms. The number of hydrogen-bond acceptors (Lipinski definition) is 1. The predicted molar refractivity (Wildman–Crippen MR) is 85.3 cm³/mol. The van der Waals surface area contributed by atoms with Crippen molar-refractivity contribution in [1.82, 2.24) is 4.90 Å². The zero-order valence-corrected chi connectivity index (χ0v) is 15.1. The fourth-order valence-electron chi connectivity index (χ4n) is 2.33. The molecular weight excluding hydrogens is 281 g/mol. The molecule has 1 radical (unpaired) electrons. The van der Waals surface area contributed by atoms with Gasteiger partial charge in [-0.15, -0.1) is 5.56 Å². The maximum absolute atomic E-state index is 2.25. The van der Waals surface area contributed by atoms with Gasteiger partial charge in [0.15, 0.2) is 0 Å². The molecule has 111 valence electrons. The van der Waals surface area contributed by atoms with E-state index in [0.29, 0.717) is 0 Å². The van der Waals surface area contributed by atoms with E-state index in [4.69, 9.17) is 0 Å². The van der Waals surface area contributed by atoms with E-state index in [1.54, 1.807) is 5.56 Å². The summed E-state index contributed by atoms with van der Waals surface area (Å²) in [6, 6.07) is 10.0. The van der Waals surface area contributed by atoms with Gasteiger partial charge in [-0.2, -0.15) is 40.5 Å². The van der Waals surface area contributed by atoms with Crippen molar-refractivity contribution in [1.29, 1.82) is 0 Å². The molecule has 0 N–H and O–H groups in total. The quantitative estimate of drug-likeness (QED) is 0.770. The molecule has 0 aromatic heterocycles. The van der Waals surface area contributed by atoms with Gasteiger partial charge in [-0.3, -0.25) is 0 Å². The molecule has 0 aliphatic heterocycles. The molecule has 2 heteroatoms. The molecular formula is C18H27NV-2. The molecule has 0 unspecified atom stereocenters. The molecule has 0 aliphatic rings. The summed E-state index contributed by atoms with van der Waals surface area (Å²) < 4.78 is 0. The zero-order valence-electron chi connectivity index (χ0n) is 13.7. The van der Waals surface area contributed by atoms with E-state index >= 15 is 0 Å². The van der Waals surface area contributed by atoms with Gasteiger partial charge >= 0.3 is 0 Å². The van der Waals surface area contributed by atoms with Crippen molar-refractivity contribution in [3.63, 3.8) is 0 Å². The number of hydrogen-bond donors (Lipinski definition) is 0. The molecule has 20 heavy (non-hydrogen) atoms. The third-order valence-corrected chi connectivity index (χ3v) is 3.96. The summed E-state index contributed by atoms with van der Waals surface area (Å²) in [5.41, 5.74) is 7.53. The van der Waals surface area contributed by atoms with E-state index in [0.717, 1.165) is 6.54 Å². The van der Waals surface area contributed by atoms with Crippen molar-refractivity contribution >= 4 is 0 Å². The predicted octanol–water partition coefficient (Wildman–Crippen LogP) is 4.15. The topological polar surface area (TPSA) is 3.24 Å². The second-order valence-electron chi connectivity index (χ2n) is 5.49. The Morgan fingerprint density at radius 2 is 1.40 bits per heavy atom. The molecule has 0 amide bonds. The van der Waals surface area contributed by atoms with E-state index in [1.807, 2.05) is 30.3 Å². The molecule has 0 saturated carbocycles. The summed E-state index contributed by atoms with van der Waals surface area (Å²) >= 11 is 0. The average Bonchev–Trinajstić information content (AvgIpc) is 2.99. The third kappa shape index (κ3) is 5.32. The van der Waals surface area contributed by atoms with Crippen LogP contribution in [-0.4, -0.2) is 25.5 Å². The first-order valence-corrected chi connectivity index (χ1v) is 6.98. The van der Waals surface area contributed by atoms with Crippen molar-refractivity contribution < 1.29 is 18.6 Å². The van der Waals surface area contributed by atoms with Gasteiger partial charge in [0, 0.05) is 18.6 Å². The standard InChI is InChI=1S/C13H22N.C5H5.V/c1-9-10(2)12(4)13(11(9)3)7-8-14(5)6;1-2-4-5-3-1;/h7-8H2,1-6H3;1-5H;/q2*-1;. The van der Waals surface area contributed by atoms with Gasteiger partial charge in [-0.1, -0.05) is 34.1 Å². The van der Waals surface area contributed by atoms with E-state index in [-0.39, 0.29) is 18.6 Å². The van der Waals surface area contributed by atoms with E-state index < -0.39 is 0 Å². The van der Waals surface area contributed by atoms with Crippen molar-refractivity contribution in [2.24, 2.45) is 0 Å². The summed E-state index contributed by atoms with van der Waals surface area (Å²) in [4.78, 5) is 2.25. The van der Waals surface area contributed by atoms with Crippen LogP contribution in [0.3, 0.4) is 0 Å². The first-order valence-electron chi connectivity index (χ1n) is 6.98. The minimum absolute atomic E-state index is 0. The maximum atomic E-state index is 2.25. The summed E-state index contributed by atoms with van der Waals surface area (Å²) in [6.45, 7) is 10.1. The molecule has 0 heterocycles. The van der Waals surface area contributed by atoms with Crippen LogP contribution in [0.25, 0.3) is 0 Å². The van der Waals surface area contributed by atoms with Crippen molar-refractivity contribution in [3.8, 4) is 0 Å². The second kappa shape index (κ2) is 9.23. The molecule has 1 nitrogen and oxygen atoms in total. The normalized spacial score (nSPS) is 9.95. The van der Waals surface area contributed by atoms with E-state index in [2.05, 4.69) is 46.7 Å². The van der Waals surface area contributed by atoms with Crippen LogP contribution in [-0.2, 0) is 25.0 Å². The van der Waals surface area contributed by atoms with Gasteiger partial charge in [0.25, 0.3) is 0 Å². The Morgan fingerprint density at radius 3 is 1.70 bits per heavy atom. The Bertz CT molecular complexity index is 435.